The first-order valence-corrected chi connectivity index (χ1v) is 9.90. The van der Waals surface area contributed by atoms with Crippen molar-refractivity contribution in [3.8, 4) is 5.69 Å². The zero-order valence-corrected chi connectivity index (χ0v) is 17.7. The standard InChI is InChI=1S/C19H24N6O2S/c1-11-7-8-12(2)15(9-11)25-13(3)22-23-18(25)28-10-16(26)21-19(5,6)17-20-14(4)27-24-17/h7-9H,10H2,1-6H3,(H,21,26). The molecule has 2 aromatic heterocycles. The maximum Gasteiger partial charge on any atom is 0.231 e. The number of carbonyl (C=O) groups is 1. The number of hydrogen-bond acceptors (Lipinski definition) is 7. The summed E-state index contributed by atoms with van der Waals surface area (Å²) >= 11 is 1.34. The summed E-state index contributed by atoms with van der Waals surface area (Å²) in [4.78, 5) is 16.7. The molecule has 0 saturated heterocycles. The number of nitrogens with zero attached hydrogens (tertiary/aromatic N) is 5. The molecule has 0 unspecified atom stereocenters. The lowest BCUT2D eigenvalue weighted by molar-refractivity contribution is -0.120. The molecular formula is C19H24N6O2S. The van der Waals surface area contributed by atoms with Gasteiger partial charge in [-0.15, -0.1) is 10.2 Å². The van der Waals surface area contributed by atoms with Gasteiger partial charge < -0.3 is 9.84 Å². The fourth-order valence-electron chi connectivity index (χ4n) is 2.80. The molecule has 0 radical (unpaired) electrons. The summed E-state index contributed by atoms with van der Waals surface area (Å²) in [5.74, 6) is 1.73. The highest BCUT2D eigenvalue weighted by atomic mass is 32.2. The van der Waals surface area contributed by atoms with Crippen LogP contribution in [-0.2, 0) is 10.3 Å². The third kappa shape index (κ3) is 4.24. The molecule has 3 rings (SSSR count). The van der Waals surface area contributed by atoms with E-state index in [1.165, 1.54) is 11.8 Å². The maximum atomic E-state index is 12.5. The number of carbonyl (C=O) groups excluding carboxylic acids is 1. The van der Waals surface area contributed by atoms with Crippen molar-refractivity contribution in [3.63, 3.8) is 0 Å². The fourth-order valence-corrected chi connectivity index (χ4v) is 3.59. The van der Waals surface area contributed by atoms with Gasteiger partial charge in [0.25, 0.3) is 0 Å². The van der Waals surface area contributed by atoms with Gasteiger partial charge in [-0.2, -0.15) is 4.98 Å². The average molecular weight is 401 g/mol. The molecule has 8 nitrogen and oxygen atoms in total. The van der Waals surface area contributed by atoms with Crippen LogP contribution in [0.3, 0.4) is 0 Å². The maximum absolute atomic E-state index is 12.5. The first kappa shape index (κ1) is 20.1. The molecule has 0 fully saturated rings. The number of thioether (sulfide) groups is 1. The highest BCUT2D eigenvalue weighted by Gasteiger charge is 2.28. The molecule has 0 aliphatic heterocycles. The van der Waals surface area contributed by atoms with Crippen LogP contribution in [0, 0.1) is 27.7 Å². The summed E-state index contributed by atoms with van der Waals surface area (Å²) < 4.78 is 6.99. The van der Waals surface area contributed by atoms with Crippen LogP contribution in [0.2, 0.25) is 0 Å². The number of nitrogens with one attached hydrogen (secondary N) is 1. The fraction of sp³-hybridized carbons (Fsp3) is 0.421. The summed E-state index contributed by atoms with van der Waals surface area (Å²) in [6, 6.07) is 6.23. The highest BCUT2D eigenvalue weighted by Crippen LogP contribution is 2.25. The van der Waals surface area contributed by atoms with Gasteiger partial charge in [0.15, 0.2) is 11.0 Å². The predicted molar refractivity (Wildman–Crippen MR) is 106 cm³/mol. The van der Waals surface area contributed by atoms with Crippen molar-refractivity contribution >= 4 is 17.7 Å². The number of benzene rings is 1. The Morgan fingerprint density at radius 3 is 2.64 bits per heavy atom. The molecule has 1 N–H and O–H groups in total. The van der Waals surface area contributed by atoms with E-state index in [-0.39, 0.29) is 11.7 Å². The second kappa shape index (κ2) is 7.75. The monoisotopic (exact) mass is 400 g/mol. The van der Waals surface area contributed by atoms with E-state index in [9.17, 15) is 4.79 Å². The third-order valence-electron chi connectivity index (χ3n) is 4.27. The van der Waals surface area contributed by atoms with Gasteiger partial charge in [0.05, 0.1) is 17.0 Å². The minimum atomic E-state index is -0.730. The second-order valence-electron chi connectivity index (χ2n) is 7.25. The van der Waals surface area contributed by atoms with Crippen molar-refractivity contribution < 1.29 is 9.32 Å². The Morgan fingerprint density at radius 2 is 1.96 bits per heavy atom. The molecule has 28 heavy (non-hydrogen) atoms. The van der Waals surface area contributed by atoms with Crippen molar-refractivity contribution in [2.75, 3.05) is 5.75 Å². The van der Waals surface area contributed by atoms with Crippen LogP contribution < -0.4 is 5.32 Å². The first-order chi connectivity index (χ1) is 13.2. The van der Waals surface area contributed by atoms with Crippen LogP contribution >= 0.6 is 11.8 Å². The van der Waals surface area contributed by atoms with Crippen LogP contribution in [0.4, 0.5) is 0 Å². The largest absolute Gasteiger partial charge is 0.343 e. The van der Waals surface area contributed by atoms with Gasteiger partial charge in [0.1, 0.15) is 5.82 Å². The predicted octanol–water partition coefficient (Wildman–Crippen LogP) is 3.03. The molecule has 3 aromatic rings. The van der Waals surface area contributed by atoms with Gasteiger partial charge >= 0.3 is 0 Å². The van der Waals surface area contributed by atoms with Gasteiger partial charge in [0, 0.05) is 6.92 Å². The zero-order valence-electron chi connectivity index (χ0n) is 16.9. The molecular weight excluding hydrogens is 376 g/mol. The SMILES string of the molecule is Cc1ccc(C)c(-n2c(C)nnc2SCC(=O)NC(C)(C)c2noc(C)n2)c1. The Hall–Kier alpha value is -2.68. The molecule has 0 atom stereocenters. The smallest absolute Gasteiger partial charge is 0.231 e. The highest BCUT2D eigenvalue weighted by molar-refractivity contribution is 7.99. The minimum absolute atomic E-state index is 0.148. The molecule has 0 aliphatic rings. The summed E-state index contributed by atoms with van der Waals surface area (Å²) in [7, 11) is 0. The van der Waals surface area contributed by atoms with E-state index in [2.05, 4.69) is 43.9 Å². The number of amides is 1. The number of hydrogen-bond donors (Lipinski definition) is 1. The van der Waals surface area contributed by atoms with E-state index < -0.39 is 5.54 Å². The van der Waals surface area contributed by atoms with Crippen LogP contribution in [0.1, 0.15) is 42.5 Å². The second-order valence-corrected chi connectivity index (χ2v) is 8.20. The lowest BCUT2D eigenvalue weighted by Crippen LogP contribution is -2.42. The molecule has 9 heteroatoms. The molecule has 148 valence electrons. The van der Waals surface area contributed by atoms with Crippen molar-refractivity contribution in [3.05, 3.63) is 46.9 Å². The minimum Gasteiger partial charge on any atom is -0.343 e. The summed E-state index contributed by atoms with van der Waals surface area (Å²) in [5, 5.41) is 16.0. The molecule has 0 spiro atoms. The van der Waals surface area contributed by atoms with E-state index in [0.717, 1.165) is 22.6 Å². The zero-order chi connectivity index (χ0) is 20.5. The quantitative estimate of drug-likeness (QED) is 0.635. The Bertz CT molecular complexity index is 1010. The lowest BCUT2D eigenvalue weighted by Gasteiger charge is -2.22. The molecule has 1 aromatic carbocycles. The van der Waals surface area contributed by atoms with E-state index in [1.807, 2.05) is 39.2 Å². The lowest BCUT2D eigenvalue weighted by atomic mass is 10.1. The van der Waals surface area contributed by atoms with Crippen LogP contribution in [0.15, 0.2) is 27.9 Å². The first-order valence-electron chi connectivity index (χ1n) is 8.91. The van der Waals surface area contributed by atoms with E-state index >= 15 is 0 Å². The average Bonchev–Trinajstić information content (AvgIpc) is 3.21. The Morgan fingerprint density at radius 1 is 1.21 bits per heavy atom. The Kier molecular flexibility index (Phi) is 5.55. The van der Waals surface area contributed by atoms with Gasteiger partial charge in [-0.3, -0.25) is 9.36 Å². The molecule has 0 bridgehead atoms. The van der Waals surface area contributed by atoms with Gasteiger partial charge in [0.2, 0.25) is 11.8 Å². The number of rotatable bonds is 6. The van der Waals surface area contributed by atoms with Gasteiger partial charge in [-0.05, 0) is 51.8 Å². The van der Waals surface area contributed by atoms with Gasteiger partial charge in [-0.25, -0.2) is 0 Å². The molecule has 1 amide bonds. The molecule has 2 heterocycles. The van der Waals surface area contributed by atoms with Crippen molar-refractivity contribution in [2.45, 2.75) is 52.2 Å². The van der Waals surface area contributed by atoms with Crippen molar-refractivity contribution in [1.82, 2.24) is 30.2 Å². The van der Waals surface area contributed by atoms with E-state index in [1.54, 1.807) is 6.92 Å². The Balaban J connectivity index is 1.73. The molecule has 0 aliphatic carbocycles. The topological polar surface area (TPSA) is 98.7 Å². The van der Waals surface area contributed by atoms with Crippen LogP contribution in [0.25, 0.3) is 5.69 Å². The Labute approximate surface area is 168 Å². The van der Waals surface area contributed by atoms with Crippen molar-refractivity contribution in [1.29, 1.82) is 0 Å². The van der Waals surface area contributed by atoms with Crippen LogP contribution in [0.5, 0.6) is 0 Å². The summed E-state index contributed by atoms with van der Waals surface area (Å²) in [5.41, 5.74) is 2.56. The van der Waals surface area contributed by atoms with Gasteiger partial charge in [-0.1, -0.05) is 29.1 Å². The summed E-state index contributed by atoms with van der Waals surface area (Å²) in [6.45, 7) is 11.4. The van der Waals surface area contributed by atoms with E-state index in [4.69, 9.17) is 4.52 Å². The summed E-state index contributed by atoms with van der Waals surface area (Å²) in [6.07, 6.45) is 0. The number of aromatic nitrogens is 5. The third-order valence-corrected chi connectivity index (χ3v) is 5.20. The number of aryl methyl sites for hydroxylation is 4. The normalized spacial score (nSPS) is 11.6. The van der Waals surface area contributed by atoms with E-state index in [0.29, 0.717) is 16.9 Å². The van der Waals surface area contributed by atoms with Crippen molar-refractivity contribution in [2.24, 2.45) is 0 Å². The van der Waals surface area contributed by atoms with Crippen LogP contribution in [-0.4, -0.2) is 36.6 Å². The molecule has 0 saturated carbocycles.